The highest BCUT2D eigenvalue weighted by atomic mass is 16.5. The number of Topliss-reactive ketones (excluding diaryl/α,β-unsaturated/α-hetero) is 1. The molecule has 0 N–H and O–H groups in total. The molecular formula is C27H46O3. The van der Waals surface area contributed by atoms with Gasteiger partial charge in [-0.3, -0.25) is 4.79 Å². The Morgan fingerprint density at radius 2 is 1.13 bits per heavy atom. The van der Waals surface area contributed by atoms with Crippen LogP contribution in [0.25, 0.3) is 0 Å². The Kier molecular flexibility index (Phi) is 18.8. The van der Waals surface area contributed by atoms with Gasteiger partial charge in [-0.2, -0.15) is 0 Å². The maximum atomic E-state index is 12.0. The molecule has 3 nitrogen and oxygen atoms in total. The van der Waals surface area contributed by atoms with Crippen LogP contribution in [-0.4, -0.2) is 25.6 Å². The van der Waals surface area contributed by atoms with Crippen LogP contribution in [0.5, 0.6) is 0 Å². The van der Waals surface area contributed by atoms with E-state index in [2.05, 4.69) is 19.1 Å². The van der Waals surface area contributed by atoms with Crippen LogP contribution >= 0.6 is 0 Å². The summed E-state index contributed by atoms with van der Waals surface area (Å²) in [4.78, 5) is 12.0. The normalized spacial score (nSPS) is 11.1. The number of ketones is 1. The standard InChI is InChI=1S/C27H46O3/c1-2-3-22-29-23-16-9-7-5-4-6-8-14-20-27(28)21-15-11-17-24-30-25-26-18-12-10-13-19-26/h10,12-13,18-19H,2-9,11,14-17,20-25H2,1H3. The zero-order valence-electron chi connectivity index (χ0n) is 19.5. The Morgan fingerprint density at radius 3 is 1.77 bits per heavy atom. The molecule has 0 aliphatic heterocycles. The van der Waals surface area contributed by atoms with E-state index in [4.69, 9.17) is 9.47 Å². The molecule has 0 radical (unpaired) electrons. The lowest BCUT2D eigenvalue weighted by Crippen LogP contribution is -1.99. The summed E-state index contributed by atoms with van der Waals surface area (Å²) in [6, 6.07) is 10.3. The molecular weight excluding hydrogens is 372 g/mol. The van der Waals surface area contributed by atoms with Gasteiger partial charge in [0.1, 0.15) is 5.78 Å². The van der Waals surface area contributed by atoms with Crippen LogP contribution in [0.2, 0.25) is 0 Å². The van der Waals surface area contributed by atoms with E-state index >= 15 is 0 Å². The van der Waals surface area contributed by atoms with E-state index in [0.717, 1.165) is 58.3 Å². The summed E-state index contributed by atoms with van der Waals surface area (Å²) in [5.74, 6) is 0.447. The maximum absolute atomic E-state index is 12.0. The first-order valence-electron chi connectivity index (χ1n) is 12.5. The van der Waals surface area contributed by atoms with Crippen LogP contribution in [0.1, 0.15) is 109 Å². The highest BCUT2D eigenvalue weighted by Gasteiger charge is 2.02. The minimum absolute atomic E-state index is 0.447. The number of hydrogen-bond acceptors (Lipinski definition) is 3. The Hall–Kier alpha value is -1.19. The molecule has 0 amide bonds. The van der Waals surface area contributed by atoms with Crippen molar-refractivity contribution in [3.05, 3.63) is 35.9 Å². The second kappa shape index (κ2) is 21.1. The van der Waals surface area contributed by atoms with Crippen molar-refractivity contribution in [1.82, 2.24) is 0 Å². The van der Waals surface area contributed by atoms with Crippen molar-refractivity contribution < 1.29 is 14.3 Å². The number of carbonyl (C=O) groups excluding carboxylic acids is 1. The maximum Gasteiger partial charge on any atom is 0.132 e. The van der Waals surface area contributed by atoms with Crippen molar-refractivity contribution in [2.45, 2.75) is 110 Å². The molecule has 3 heteroatoms. The topological polar surface area (TPSA) is 35.5 Å². The van der Waals surface area contributed by atoms with Crippen molar-refractivity contribution in [2.75, 3.05) is 19.8 Å². The Morgan fingerprint density at radius 1 is 0.633 bits per heavy atom. The van der Waals surface area contributed by atoms with Crippen LogP contribution in [-0.2, 0) is 20.9 Å². The molecule has 0 aliphatic rings. The summed E-state index contributed by atoms with van der Waals surface area (Å²) in [6.45, 7) is 5.54. The molecule has 1 rings (SSSR count). The summed E-state index contributed by atoms with van der Waals surface area (Å²) < 4.78 is 11.3. The van der Waals surface area contributed by atoms with Gasteiger partial charge in [0.25, 0.3) is 0 Å². The molecule has 0 heterocycles. The monoisotopic (exact) mass is 418 g/mol. The van der Waals surface area contributed by atoms with Gasteiger partial charge in [-0.15, -0.1) is 0 Å². The average molecular weight is 419 g/mol. The third-order valence-corrected chi connectivity index (χ3v) is 5.49. The van der Waals surface area contributed by atoms with E-state index in [0.29, 0.717) is 12.4 Å². The lowest BCUT2D eigenvalue weighted by Gasteiger charge is -2.05. The van der Waals surface area contributed by atoms with Crippen LogP contribution in [0.4, 0.5) is 0 Å². The van der Waals surface area contributed by atoms with Crippen LogP contribution in [0, 0.1) is 0 Å². The van der Waals surface area contributed by atoms with Gasteiger partial charge in [0.15, 0.2) is 0 Å². The number of carbonyl (C=O) groups is 1. The van der Waals surface area contributed by atoms with E-state index in [1.54, 1.807) is 0 Å². The summed E-state index contributed by atoms with van der Waals surface area (Å²) in [5, 5.41) is 0. The third kappa shape index (κ3) is 17.7. The van der Waals surface area contributed by atoms with Crippen LogP contribution in [0.15, 0.2) is 30.3 Å². The zero-order valence-corrected chi connectivity index (χ0v) is 19.5. The largest absolute Gasteiger partial charge is 0.381 e. The summed E-state index contributed by atoms with van der Waals surface area (Å²) in [7, 11) is 0. The van der Waals surface area contributed by atoms with Gasteiger partial charge in [-0.25, -0.2) is 0 Å². The van der Waals surface area contributed by atoms with Gasteiger partial charge in [0.2, 0.25) is 0 Å². The molecule has 172 valence electrons. The second-order valence-corrected chi connectivity index (χ2v) is 8.43. The van der Waals surface area contributed by atoms with Gasteiger partial charge in [0, 0.05) is 32.7 Å². The van der Waals surface area contributed by atoms with E-state index in [1.165, 1.54) is 63.4 Å². The molecule has 0 aliphatic carbocycles. The van der Waals surface area contributed by atoms with Crippen molar-refractivity contribution in [2.24, 2.45) is 0 Å². The van der Waals surface area contributed by atoms with Crippen LogP contribution in [0.3, 0.4) is 0 Å². The molecule has 0 saturated carbocycles. The molecule has 0 atom stereocenters. The molecule has 0 fully saturated rings. The first-order chi connectivity index (χ1) is 14.8. The SMILES string of the molecule is CCCCOCCCCCCCCCCC(=O)CCCCCOCc1ccccc1. The van der Waals surface area contributed by atoms with E-state index in [1.807, 2.05) is 18.2 Å². The molecule has 0 unspecified atom stereocenters. The zero-order chi connectivity index (χ0) is 21.5. The fourth-order valence-electron chi connectivity index (χ4n) is 3.53. The van der Waals surface area contributed by atoms with Crippen molar-refractivity contribution >= 4 is 5.78 Å². The molecule has 0 saturated heterocycles. The van der Waals surface area contributed by atoms with Gasteiger partial charge in [0.05, 0.1) is 6.61 Å². The number of hydrogen-bond donors (Lipinski definition) is 0. The number of unbranched alkanes of at least 4 members (excludes halogenated alkanes) is 10. The Balaban J connectivity index is 1.75. The minimum Gasteiger partial charge on any atom is -0.381 e. The Labute approximate surface area is 185 Å². The fraction of sp³-hybridized carbons (Fsp3) is 0.741. The van der Waals surface area contributed by atoms with Gasteiger partial charge in [-0.1, -0.05) is 88.6 Å². The summed E-state index contributed by atoms with van der Waals surface area (Å²) >= 11 is 0. The lowest BCUT2D eigenvalue weighted by molar-refractivity contribution is -0.119. The first kappa shape index (κ1) is 26.8. The van der Waals surface area contributed by atoms with Crippen molar-refractivity contribution in [3.63, 3.8) is 0 Å². The van der Waals surface area contributed by atoms with Gasteiger partial charge >= 0.3 is 0 Å². The van der Waals surface area contributed by atoms with E-state index < -0.39 is 0 Å². The number of benzene rings is 1. The van der Waals surface area contributed by atoms with Gasteiger partial charge in [-0.05, 0) is 37.7 Å². The number of ether oxygens (including phenoxy) is 2. The predicted molar refractivity (Wildman–Crippen MR) is 127 cm³/mol. The third-order valence-electron chi connectivity index (χ3n) is 5.49. The molecule has 1 aromatic rings. The first-order valence-corrected chi connectivity index (χ1v) is 12.5. The fourth-order valence-corrected chi connectivity index (χ4v) is 3.53. The van der Waals surface area contributed by atoms with Crippen molar-refractivity contribution in [3.8, 4) is 0 Å². The second-order valence-electron chi connectivity index (χ2n) is 8.43. The van der Waals surface area contributed by atoms with E-state index in [9.17, 15) is 4.79 Å². The highest BCUT2D eigenvalue weighted by molar-refractivity contribution is 5.78. The highest BCUT2D eigenvalue weighted by Crippen LogP contribution is 2.12. The molecule has 0 aromatic heterocycles. The van der Waals surface area contributed by atoms with Crippen LogP contribution < -0.4 is 0 Å². The van der Waals surface area contributed by atoms with Crippen molar-refractivity contribution in [1.29, 1.82) is 0 Å². The number of rotatable bonds is 22. The summed E-state index contributed by atoms with van der Waals surface area (Å²) in [5.41, 5.74) is 1.22. The Bertz CT molecular complexity index is 486. The summed E-state index contributed by atoms with van der Waals surface area (Å²) in [6.07, 6.45) is 17.1. The lowest BCUT2D eigenvalue weighted by atomic mass is 10.0. The quantitative estimate of drug-likeness (QED) is 0.181. The van der Waals surface area contributed by atoms with Gasteiger partial charge < -0.3 is 9.47 Å². The minimum atomic E-state index is 0.447. The molecule has 30 heavy (non-hydrogen) atoms. The average Bonchev–Trinajstić information content (AvgIpc) is 2.77. The smallest absolute Gasteiger partial charge is 0.132 e. The molecule has 0 spiro atoms. The predicted octanol–water partition coefficient (Wildman–Crippen LogP) is 7.66. The van der Waals surface area contributed by atoms with E-state index in [-0.39, 0.29) is 0 Å². The molecule has 0 bridgehead atoms. The molecule has 1 aromatic carbocycles.